The molecular formula is C17H16N2O4S. The molecule has 0 bridgehead atoms. The van der Waals surface area contributed by atoms with E-state index in [2.05, 4.69) is 11.4 Å². The zero-order chi connectivity index (χ0) is 17.7. The molecule has 7 heteroatoms. The van der Waals surface area contributed by atoms with Crippen LogP contribution in [-0.4, -0.2) is 24.1 Å². The number of nitrogens with zero attached hydrogens (tertiary/aromatic N) is 1. The van der Waals surface area contributed by atoms with Gasteiger partial charge in [0.1, 0.15) is 16.8 Å². The van der Waals surface area contributed by atoms with Gasteiger partial charge in [-0.2, -0.15) is 5.26 Å². The number of aryl methyl sites for hydroxylation is 1. The smallest absolute Gasteiger partial charge is 0.303 e. The first-order chi connectivity index (χ1) is 11.5. The molecule has 1 aromatic heterocycles. The van der Waals surface area contributed by atoms with E-state index in [9.17, 15) is 14.9 Å². The van der Waals surface area contributed by atoms with Gasteiger partial charge >= 0.3 is 5.97 Å². The van der Waals surface area contributed by atoms with Gasteiger partial charge in [-0.1, -0.05) is 12.1 Å². The molecule has 0 aliphatic carbocycles. The number of nitriles is 1. The Hall–Kier alpha value is -2.85. The highest BCUT2D eigenvalue weighted by molar-refractivity contribution is 7.17. The molecule has 1 amide bonds. The lowest BCUT2D eigenvalue weighted by molar-refractivity contribution is -0.138. The van der Waals surface area contributed by atoms with Crippen molar-refractivity contribution in [2.75, 3.05) is 12.4 Å². The predicted molar refractivity (Wildman–Crippen MR) is 91.3 cm³/mol. The van der Waals surface area contributed by atoms with Gasteiger partial charge in [-0.05, 0) is 24.6 Å². The molecule has 24 heavy (non-hydrogen) atoms. The summed E-state index contributed by atoms with van der Waals surface area (Å²) < 4.78 is 5.13. The Morgan fingerprint density at radius 1 is 1.29 bits per heavy atom. The first kappa shape index (κ1) is 17.5. The van der Waals surface area contributed by atoms with Crippen LogP contribution in [0.5, 0.6) is 5.75 Å². The number of anilines is 1. The Kier molecular flexibility index (Phi) is 5.55. The first-order valence-electron chi connectivity index (χ1n) is 7.15. The average Bonchev–Trinajstić information content (AvgIpc) is 2.88. The summed E-state index contributed by atoms with van der Waals surface area (Å²) in [5, 5.41) is 21.2. The number of amides is 1. The van der Waals surface area contributed by atoms with Crippen LogP contribution in [0.3, 0.4) is 0 Å². The number of carbonyl (C=O) groups is 2. The zero-order valence-corrected chi connectivity index (χ0v) is 14.1. The van der Waals surface area contributed by atoms with E-state index in [1.807, 2.05) is 19.1 Å². The minimum atomic E-state index is -1.04. The van der Waals surface area contributed by atoms with Crippen LogP contribution in [-0.2, 0) is 9.59 Å². The third-order valence-corrected chi connectivity index (χ3v) is 4.41. The number of nitrogens with one attached hydrogen (secondary N) is 1. The monoisotopic (exact) mass is 344 g/mol. The zero-order valence-electron chi connectivity index (χ0n) is 13.3. The number of ether oxygens (including phenoxy) is 1. The van der Waals surface area contributed by atoms with Crippen molar-refractivity contribution in [1.29, 1.82) is 5.26 Å². The molecule has 6 nitrogen and oxygen atoms in total. The quantitative estimate of drug-likeness (QED) is 0.836. The number of carboxylic acid groups (broad SMARTS) is 1. The molecule has 0 radical (unpaired) electrons. The summed E-state index contributed by atoms with van der Waals surface area (Å²) in [4.78, 5) is 23.3. The topological polar surface area (TPSA) is 99.4 Å². The van der Waals surface area contributed by atoms with Crippen LogP contribution in [0.4, 0.5) is 5.00 Å². The van der Waals surface area contributed by atoms with Crippen molar-refractivity contribution >= 4 is 28.2 Å². The second-order valence-electron chi connectivity index (χ2n) is 5.02. The number of carbonyl (C=O) groups excluding carboxylic acids is 1. The summed E-state index contributed by atoms with van der Waals surface area (Å²) in [6.07, 6.45) is -0.377. The molecule has 0 fully saturated rings. The van der Waals surface area contributed by atoms with Gasteiger partial charge in [0.25, 0.3) is 0 Å². The largest absolute Gasteiger partial charge is 0.497 e. The van der Waals surface area contributed by atoms with E-state index in [-0.39, 0.29) is 12.8 Å². The lowest BCUT2D eigenvalue weighted by Crippen LogP contribution is -2.13. The van der Waals surface area contributed by atoms with E-state index in [0.717, 1.165) is 16.0 Å². The van der Waals surface area contributed by atoms with Gasteiger partial charge in [-0.25, -0.2) is 0 Å². The summed E-state index contributed by atoms with van der Waals surface area (Å²) in [5.41, 5.74) is 2.00. The molecular weight excluding hydrogens is 328 g/mol. The second kappa shape index (κ2) is 7.62. The number of rotatable bonds is 6. The van der Waals surface area contributed by atoms with Crippen molar-refractivity contribution in [3.63, 3.8) is 0 Å². The standard InChI is InChI=1S/C17H16N2O4S/c1-10-16(11-3-5-12(23-2)6-4-11)13(9-18)17(24-10)19-14(20)7-8-15(21)22/h3-6H,7-8H2,1-2H3,(H,19,20)(H,21,22). The van der Waals surface area contributed by atoms with Gasteiger partial charge in [-0.3, -0.25) is 9.59 Å². The molecule has 0 spiro atoms. The van der Waals surface area contributed by atoms with E-state index >= 15 is 0 Å². The highest BCUT2D eigenvalue weighted by Crippen LogP contribution is 2.39. The molecule has 0 saturated carbocycles. The number of thiophene rings is 1. The van der Waals surface area contributed by atoms with E-state index in [1.54, 1.807) is 19.2 Å². The minimum Gasteiger partial charge on any atom is -0.497 e. The lowest BCUT2D eigenvalue weighted by Gasteiger charge is -2.05. The SMILES string of the molecule is COc1ccc(-c2c(C)sc(NC(=O)CCC(=O)O)c2C#N)cc1. The van der Waals surface area contributed by atoms with Crippen LogP contribution in [0, 0.1) is 18.3 Å². The van der Waals surface area contributed by atoms with Gasteiger partial charge < -0.3 is 15.2 Å². The van der Waals surface area contributed by atoms with Crippen molar-refractivity contribution in [1.82, 2.24) is 0 Å². The Morgan fingerprint density at radius 2 is 1.96 bits per heavy atom. The van der Waals surface area contributed by atoms with Gasteiger partial charge in [-0.15, -0.1) is 11.3 Å². The molecule has 2 N–H and O–H groups in total. The van der Waals surface area contributed by atoms with E-state index in [1.165, 1.54) is 11.3 Å². The fraction of sp³-hybridized carbons (Fsp3) is 0.235. The molecule has 2 rings (SSSR count). The predicted octanol–water partition coefficient (Wildman–Crippen LogP) is 3.41. The summed E-state index contributed by atoms with van der Waals surface area (Å²) in [7, 11) is 1.58. The Morgan fingerprint density at radius 3 is 2.50 bits per heavy atom. The number of benzene rings is 1. The summed E-state index contributed by atoms with van der Waals surface area (Å²) >= 11 is 1.30. The number of aliphatic carboxylic acids is 1. The summed E-state index contributed by atoms with van der Waals surface area (Å²) in [5.74, 6) is -0.740. The van der Waals surface area contributed by atoms with Gasteiger partial charge in [0.05, 0.1) is 19.1 Å². The van der Waals surface area contributed by atoms with Crippen molar-refractivity contribution in [3.05, 3.63) is 34.7 Å². The molecule has 0 saturated heterocycles. The maximum atomic E-state index is 11.8. The number of hydrogen-bond acceptors (Lipinski definition) is 5. The van der Waals surface area contributed by atoms with E-state index in [0.29, 0.717) is 16.3 Å². The van der Waals surface area contributed by atoms with Crippen LogP contribution in [0.2, 0.25) is 0 Å². The van der Waals surface area contributed by atoms with Crippen LogP contribution in [0.15, 0.2) is 24.3 Å². The molecule has 124 valence electrons. The van der Waals surface area contributed by atoms with Gasteiger partial charge in [0.2, 0.25) is 5.91 Å². The van der Waals surface area contributed by atoms with Crippen LogP contribution in [0.25, 0.3) is 11.1 Å². The fourth-order valence-electron chi connectivity index (χ4n) is 2.25. The van der Waals surface area contributed by atoms with Crippen LogP contribution >= 0.6 is 11.3 Å². The number of carboxylic acids is 1. The third kappa shape index (κ3) is 3.91. The number of methoxy groups -OCH3 is 1. The molecule has 0 aliphatic heterocycles. The van der Waals surface area contributed by atoms with Crippen molar-refractivity contribution in [3.8, 4) is 22.9 Å². The van der Waals surface area contributed by atoms with Crippen molar-refractivity contribution in [2.24, 2.45) is 0 Å². The van der Waals surface area contributed by atoms with Gasteiger partial charge in [0, 0.05) is 16.9 Å². The molecule has 0 aliphatic rings. The van der Waals surface area contributed by atoms with E-state index < -0.39 is 11.9 Å². The highest BCUT2D eigenvalue weighted by Gasteiger charge is 2.19. The van der Waals surface area contributed by atoms with Crippen molar-refractivity contribution < 1.29 is 19.4 Å². The lowest BCUT2D eigenvalue weighted by atomic mass is 10.0. The van der Waals surface area contributed by atoms with Crippen LogP contribution < -0.4 is 10.1 Å². The normalized spacial score (nSPS) is 10.0. The molecule has 1 heterocycles. The Balaban J connectivity index is 2.31. The summed E-state index contributed by atoms with van der Waals surface area (Å²) in [6, 6.07) is 9.44. The molecule has 1 aromatic carbocycles. The Bertz CT molecular complexity index is 803. The Labute approximate surface area is 143 Å². The second-order valence-corrected chi connectivity index (χ2v) is 6.24. The maximum absolute atomic E-state index is 11.8. The molecule has 0 atom stereocenters. The fourth-order valence-corrected chi connectivity index (χ4v) is 3.30. The molecule has 2 aromatic rings. The third-order valence-electron chi connectivity index (χ3n) is 3.39. The van der Waals surface area contributed by atoms with Gasteiger partial charge in [0.15, 0.2) is 0 Å². The number of hydrogen-bond donors (Lipinski definition) is 2. The molecule has 0 unspecified atom stereocenters. The minimum absolute atomic E-state index is 0.130. The maximum Gasteiger partial charge on any atom is 0.303 e. The van der Waals surface area contributed by atoms with Crippen LogP contribution in [0.1, 0.15) is 23.3 Å². The van der Waals surface area contributed by atoms with Crippen molar-refractivity contribution in [2.45, 2.75) is 19.8 Å². The highest BCUT2D eigenvalue weighted by atomic mass is 32.1. The first-order valence-corrected chi connectivity index (χ1v) is 7.97. The van der Waals surface area contributed by atoms with E-state index in [4.69, 9.17) is 9.84 Å². The summed E-state index contributed by atoms with van der Waals surface area (Å²) in [6.45, 7) is 1.87. The average molecular weight is 344 g/mol.